The van der Waals surface area contributed by atoms with Crippen LogP contribution >= 0.6 is 0 Å². The van der Waals surface area contributed by atoms with Gasteiger partial charge in [0.15, 0.2) is 6.29 Å². The van der Waals surface area contributed by atoms with E-state index in [1.54, 1.807) is 0 Å². The minimum Gasteiger partial charge on any atom is -0.394 e. The molecule has 0 spiro atoms. The Bertz CT molecular complexity index is 161. The average molecular weight is 194 g/mol. The molecule has 1 rings (SSSR count). The first-order chi connectivity index (χ1) is 6.11. The number of hydrogen-bond donors (Lipinski definition) is 4. The van der Waals surface area contributed by atoms with Gasteiger partial charge in [-0.3, -0.25) is 0 Å². The van der Waals surface area contributed by atoms with Crippen LogP contribution in [0.15, 0.2) is 0 Å². The predicted molar refractivity (Wildman–Crippen MR) is 40.8 cm³/mol. The molecule has 1 aliphatic rings. The lowest BCUT2D eigenvalue weighted by Gasteiger charge is -2.39. The molecule has 0 aromatic carbocycles. The Morgan fingerprint density at radius 3 is 2.31 bits per heavy atom. The second-order valence-electron chi connectivity index (χ2n) is 2.93. The fraction of sp³-hybridized carbons (Fsp3) is 1.00. The zero-order valence-corrected chi connectivity index (χ0v) is 7.20. The van der Waals surface area contributed by atoms with E-state index in [4.69, 9.17) is 19.7 Å². The molecule has 4 N–H and O–H groups in total. The molecule has 1 unspecified atom stereocenters. The molecular formula is C7H14O6. The minimum atomic E-state index is -1.49. The highest BCUT2D eigenvalue weighted by Gasteiger charge is 2.43. The Hall–Kier alpha value is -0.240. The minimum absolute atomic E-state index is 0.390. The van der Waals surface area contributed by atoms with Crippen molar-refractivity contribution in [3.05, 3.63) is 0 Å². The Balaban J connectivity index is 2.69. The summed E-state index contributed by atoms with van der Waals surface area (Å²) < 4.78 is 9.61. The van der Waals surface area contributed by atoms with Gasteiger partial charge in [-0.1, -0.05) is 0 Å². The molecule has 1 saturated heterocycles. The smallest absolute Gasteiger partial charge is 0.184 e. The van der Waals surface area contributed by atoms with Crippen LogP contribution in [0.25, 0.3) is 0 Å². The normalized spacial score (nSPS) is 46.4. The average Bonchev–Trinajstić information content (AvgIpc) is 2.13. The summed E-state index contributed by atoms with van der Waals surface area (Å²) in [7, 11) is 1.32. The fourth-order valence-corrected chi connectivity index (χ4v) is 1.36. The molecule has 0 aromatic rings. The van der Waals surface area contributed by atoms with Gasteiger partial charge in [-0.2, -0.15) is 0 Å². The van der Waals surface area contributed by atoms with Gasteiger partial charge in [0.05, 0.1) is 6.61 Å². The standard InChI is InChI=1S/C7H14O6/c1-12-6-3(2-8)13-7(11)5(10)4(6)9/h3-11H,2H2,1H3/t3-,4-,5+,6-,7?/m1/s1. The Morgan fingerprint density at radius 2 is 1.85 bits per heavy atom. The zero-order chi connectivity index (χ0) is 10.0. The Morgan fingerprint density at radius 1 is 1.23 bits per heavy atom. The molecule has 1 heterocycles. The van der Waals surface area contributed by atoms with Crippen molar-refractivity contribution in [2.75, 3.05) is 13.7 Å². The van der Waals surface area contributed by atoms with Crippen molar-refractivity contribution in [2.45, 2.75) is 30.7 Å². The van der Waals surface area contributed by atoms with Crippen molar-refractivity contribution >= 4 is 0 Å². The SMILES string of the molecule is CO[C@H]1[C@H](O)[C@H](O)C(O)O[C@@H]1CO. The largest absolute Gasteiger partial charge is 0.394 e. The van der Waals surface area contributed by atoms with Gasteiger partial charge in [0.2, 0.25) is 0 Å². The first kappa shape index (κ1) is 10.8. The maximum absolute atomic E-state index is 9.38. The topological polar surface area (TPSA) is 99.4 Å². The first-order valence-electron chi connectivity index (χ1n) is 3.95. The molecule has 0 radical (unpaired) electrons. The van der Waals surface area contributed by atoms with E-state index in [2.05, 4.69) is 0 Å². The molecule has 0 amide bonds. The summed E-state index contributed by atoms with van der Waals surface area (Å²) in [6.45, 7) is -0.390. The molecule has 6 heteroatoms. The second kappa shape index (κ2) is 4.32. The van der Waals surface area contributed by atoms with Gasteiger partial charge < -0.3 is 29.9 Å². The van der Waals surface area contributed by atoms with Crippen LogP contribution in [0.1, 0.15) is 0 Å². The van der Waals surface area contributed by atoms with Gasteiger partial charge in [0.25, 0.3) is 0 Å². The lowest BCUT2D eigenvalue weighted by Crippen LogP contribution is -2.59. The van der Waals surface area contributed by atoms with Crippen molar-refractivity contribution < 1.29 is 29.9 Å². The molecule has 5 atom stereocenters. The van der Waals surface area contributed by atoms with Crippen molar-refractivity contribution in [2.24, 2.45) is 0 Å². The van der Waals surface area contributed by atoms with Crippen molar-refractivity contribution in [3.63, 3.8) is 0 Å². The molecule has 13 heavy (non-hydrogen) atoms. The third-order valence-electron chi connectivity index (χ3n) is 2.11. The molecular weight excluding hydrogens is 180 g/mol. The van der Waals surface area contributed by atoms with Crippen LogP contribution in [0.3, 0.4) is 0 Å². The highest BCUT2D eigenvalue weighted by atomic mass is 16.6. The molecule has 0 saturated carbocycles. The van der Waals surface area contributed by atoms with Gasteiger partial charge in [-0.15, -0.1) is 0 Å². The van der Waals surface area contributed by atoms with Crippen LogP contribution in [0, 0.1) is 0 Å². The number of methoxy groups -OCH3 is 1. The van der Waals surface area contributed by atoms with E-state index in [0.29, 0.717) is 0 Å². The van der Waals surface area contributed by atoms with Gasteiger partial charge in [-0.05, 0) is 0 Å². The summed E-state index contributed by atoms with van der Waals surface area (Å²) in [5.41, 5.74) is 0. The lowest BCUT2D eigenvalue weighted by atomic mass is 9.99. The van der Waals surface area contributed by atoms with Crippen LogP contribution < -0.4 is 0 Å². The van der Waals surface area contributed by atoms with Crippen LogP contribution in [0.2, 0.25) is 0 Å². The summed E-state index contributed by atoms with van der Waals surface area (Å²) >= 11 is 0. The molecule has 0 bridgehead atoms. The van der Waals surface area contributed by atoms with Gasteiger partial charge in [0, 0.05) is 7.11 Å². The maximum Gasteiger partial charge on any atom is 0.184 e. The van der Waals surface area contributed by atoms with Crippen LogP contribution in [0.4, 0.5) is 0 Å². The highest BCUT2D eigenvalue weighted by Crippen LogP contribution is 2.21. The van der Waals surface area contributed by atoms with Crippen LogP contribution in [-0.2, 0) is 9.47 Å². The quantitative estimate of drug-likeness (QED) is 0.386. The van der Waals surface area contributed by atoms with Crippen LogP contribution in [-0.4, -0.2) is 64.8 Å². The zero-order valence-electron chi connectivity index (χ0n) is 7.20. The Kier molecular flexibility index (Phi) is 3.60. The molecule has 78 valence electrons. The molecule has 1 aliphatic heterocycles. The molecule has 6 nitrogen and oxygen atoms in total. The van der Waals surface area contributed by atoms with E-state index in [9.17, 15) is 10.2 Å². The highest BCUT2D eigenvalue weighted by molar-refractivity contribution is 4.89. The maximum atomic E-state index is 9.38. The third kappa shape index (κ3) is 1.98. The predicted octanol–water partition coefficient (Wildman–Crippen LogP) is -2.57. The lowest BCUT2D eigenvalue weighted by molar-refractivity contribution is -0.290. The first-order valence-corrected chi connectivity index (χ1v) is 3.95. The Labute approximate surface area is 75.3 Å². The summed E-state index contributed by atoms with van der Waals surface area (Å²) in [4.78, 5) is 0. The van der Waals surface area contributed by atoms with Gasteiger partial charge in [-0.25, -0.2) is 0 Å². The summed E-state index contributed by atoms with van der Waals surface area (Å²) in [6, 6.07) is 0. The summed E-state index contributed by atoms with van der Waals surface area (Å²) in [5.74, 6) is 0. The number of aliphatic hydroxyl groups excluding tert-OH is 4. The fourth-order valence-electron chi connectivity index (χ4n) is 1.36. The molecule has 1 fully saturated rings. The number of rotatable bonds is 2. The van der Waals surface area contributed by atoms with E-state index >= 15 is 0 Å². The van der Waals surface area contributed by atoms with Gasteiger partial charge >= 0.3 is 0 Å². The number of aliphatic hydroxyl groups is 4. The van der Waals surface area contributed by atoms with E-state index in [1.807, 2.05) is 0 Å². The second-order valence-corrected chi connectivity index (χ2v) is 2.93. The van der Waals surface area contributed by atoms with Crippen LogP contribution in [0.5, 0.6) is 0 Å². The summed E-state index contributed by atoms with van der Waals surface area (Å²) in [6.07, 6.45) is -5.81. The van der Waals surface area contributed by atoms with Crippen molar-refractivity contribution in [1.82, 2.24) is 0 Å². The molecule has 0 aliphatic carbocycles. The monoisotopic (exact) mass is 194 g/mol. The number of hydrogen-bond acceptors (Lipinski definition) is 6. The third-order valence-corrected chi connectivity index (χ3v) is 2.11. The number of ether oxygens (including phenoxy) is 2. The summed E-state index contributed by atoms with van der Waals surface area (Å²) in [5, 5.41) is 36.4. The van der Waals surface area contributed by atoms with E-state index in [-0.39, 0.29) is 6.61 Å². The van der Waals surface area contributed by atoms with Crippen molar-refractivity contribution in [1.29, 1.82) is 0 Å². The van der Waals surface area contributed by atoms with E-state index < -0.39 is 30.7 Å². The van der Waals surface area contributed by atoms with Crippen molar-refractivity contribution in [3.8, 4) is 0 Å². The molecule has 0 aromatic heterocycles. The van der Waals surface area contributed by atoms with E-state index in [1.165, 1.54) is 7.11 Å². The van der Waals surface area contributed by atoms with E-state index in [0.717, 1.165) is 0 Å². The van der Waals surface area contributed by atoms with Gasteiger partial charge in [0.1, 0.15) is 24.4 Å².